The zero-order valence-corrected chi connectivity index (χ0v) is 19.6. The SMILES string of the molecule is CC.CC(=O)N1CCc2c(c(N(C)c3cc(C(F)F)c(C)cn3)nn2C2CCOCC2)C1. The predicted molar refractivity (Wildman–Crippen MR) is 119 cm³/mol. The lowest BCUT2D eigenvalue weighted by Gasteiger charge is -2.29. The van der Waals surface area contributed by atoms with Gasteiger partial charge in [-0.2, -0.15) is 5.10 Å². The van der Waals surface area contributed by atoms with Gasteiger partial charge >= 0.3 is 0 Å². The molecule has 0 aliphatic carbocycles. The quantitative estimate of drug-likeness (QED) is 0.684. The van der Waals surface area contributed by atoms with Crippen molar-refractivity contribution in [3.8, 4) is 0 Å². The molecule has 1 fully saturated rings. The fourth-order valence-electron chi connectivity index (χ4n) is 4.25. The Kier molecular flexibility index (Phi) is 7.82. The van der Waals surface area contributed by atoms with E-state index in [0.29, 0.717) is 43.5 Å². The summed E-state index contributed by atoms with van der Waals surface area (Å²) in [5.74, 6) is 1.09. The molecular formula is C23H33F2N5O2. The number of fused-ring (bicyclic) bond motifs is 1. The van der Waals surface area contributed by atoms with E-state index in [9.17, 15) is 13.6 Å². The summed E-state index contributed by atoms with van der Waals surface area (Å²) in [4.78, 5) is 19.9. The largest absolute Gasteiger partial charge is 0.381 e. The molecule has 0 aromatic carbocycles. The van der Waals surface area contributed by atoms with E-state index in [1.54, 1.807) is 30.7 Å². The standard InChI is InChI=1S/C21H27F2N5O2.C2H6/c1-13-11-24-19(10-16(13)20(22)23)26(3)21-17-12-27(14(2)29)7-4-18(17)28(25-21)15-5-8-30-9-6-15;1-2/h10-11,15,20H,4-9,12H2,1-3H3;1-2H3. The summed E-state index contributed by atoms with van der Waals surface area (Å²) in [6, 6.07) is 1.66. The lowest BCUT2D eigenvalue weighted by atomic mass is 10.0. The molecule has 176 valence electrons. The molecule has 0 unspecified atom stereocenters. The van der Waals surface area contributed by atoms with E-state index in [4.69, 9.17) is 9.84 Å². The van der Waals surface area contributed by atoms with Gasteiger partial charge in [0.15, 0.2) is 5.82 Å². The van der Waals surface area contributed by atoms with Crippen molar-refractivity contribution >= 4 is 17.5 Å². The minimum Gasteiger partial charge on any atom is -0.381 e. The second-order valence-electron chi connectivity index (χ2n) is 7.99. The van der Waals surface area contributed by atoms with Crippen LogP contribution >= 0.6 is 0 Å². The van der Waals surface area contributed by atoms with Gasteiger partial charge in [0.2, 0.25) is 5.91 Å². The molecule has 0 spiro atoms. The number of anilines is 2. The van der Waals surface area contributed by atoms with Crippen molar-refractivity contribution in [1.29, 1.82) is 0 Å². The van der Waals surface area contributed by atoms with Gasteiger partial charge < -0.3 is 14.5 Å². The van der Waals surface area contributed by atoms with Crippen molar-refractivity contribution in [1.82, 2.24) is 19.7 Å². The molecule has 0 radical (unpaired) electrons. The van der Waals surface area contributed by atoms with Gasteiger partial charge in [0.1, 0.15) is 5.82 Å². The van der Waals surface area contributed by atoms with E-state index in [-0.39, 0.29) is 17.5 Å². The van der Waals surface area contributed by atoms with Gasteiger partial charge in [0.25, 0.3) is 6.43 Å². The van der Waals surface area contributed by atoms with Crippen LogP contribution in [0, 0.1) is 6.92 Å². The average molecular weight is 450 g/mol. The maximum absolute atomic E-state index is 13.4. The molecule has 4 heterocycles. The molecule has 0 N–H and O–H groups in total. The first-order chi connectivity index (χ1) is 15.4. The number of amides is 1. The molecule has 9 heteroatoms. The Hall–Kier alpha value is -2.55. The number of nitrogens with zero attached hydrogens (tertiary/aromatic N) is 5. The van der Waals surface area contributed by atoms with Crippen LogP contribution in [0.5, 0.6) is 0 Å². The highest BCUT2D eigenvalue weighted by atomic mass is 19.3. The van der Waals surface area contributed by atoms with Crippen LogP contribution in [0.4, 0.5) is 20.4 Å². The monoisotopic (exact) mass is 449 g/mol. The fraction of sp³-hybridized carbons (Fsp3) is 0.609. The second-order valence-corrected chi connectivity index (χ2v) is 7.99. The number of pyridine rings is 1. The van der Waals surface area contributed by atoms with Crippen molar-refractivity contribution < 1.29 is 18.3 Å². The second kappa shape index (κ2) is 10.4. The Morgan fingerprint density at radius 1 is 1.28 bits per heavy atom. The number of rotatable bonds is 4. The minimum atomic E-state index is -2.57. The third-order valence-electron chi connectivity index (χ3n) is 6.07. The molecule has 2 aliphatic rings. The molecule has 0 saturated carbocycles. The third-order valence-corrected chi connectivity index (χ3v) is 6.07. The lowest BCUT2D eigenvalue weighted by molar-refractivity contribution is -0.129. The normalized spacial score (nSPS) is 16.4. The first-order valence-corrected chi connectivity index (χ1v) is 11.3. The van der Waals surface area contributed by atoms with Crippen molar-refractivity contribution in [2.75, 3.05) is 31.7 Å². The van der Waals surface area contributed by atoms with Gasteiger partial charge in [-0.05, 0) is 31.4 Å². The summed E-state index contributed by atoms with van der Waals surface area (Å²) < 4.78 is 34.4. The van der Waals surface area contributed by atoms with Crippen LogP contribution in [0.15, 0.2) is 12.3 Å². The smallest absolute Gasteiger partial charge is 0.264 e. The van der Waals surface area contributed by atoms with Crippen molar-refractivity contribution in [2.24, 2.45) is 0 Å². The average Bonchev–Trinajstić information content (AvgIpc) is 3.19. The molecule has 0 atom stereocenters. The first kappa shape index (κ1) is 24.1. The molecule has 0 bridgehead atoms. The molecule has 2 aromatic heterocycles. The van der Waals surface area contributed by atoms with Gasteiger partial charge in [0, 0.05) is 63.2 Å². The summed E-state index contributed by atoms with van der Waals surface area (Å²) in [7, 11) is 1.79. The molecule has 4 rings (SSSR count). The van der Waals surface area contributed by atoms with Crippen LogP contribution in [0.2, 0.25) is 0 Å². The number of carbonyl (C=O) groups excluding carboxylic acids is 1. The van der Waals surface area contributed by atoms with Gasteiger partial charge in [-0.25, -0.2) is 13.8 Å². The Morgan fingerprint density at radius 2 is 1.97 bits per heavy atom. The highest BCUT2D eigenvalue weighted by Crippen LogP contribution is 2.36. The van der Waals surface area contributed by atoms with E-state index < -0.39 is 6.43 Å². The minimum absolute atomic E-state index is 0.0153. The molecule has 1 saturated heterocycles. The number of carbonyl (C=O) groups is 1. The Balaban J connectivity index is 0.00000141. The van der Waals surface area contributed by atoms with Crippen LogP contribution < -0.4 is 4.90 Å². The summed E-state index contributed by atoms with van der Waals surface area (Å²) >= 11 is 0. The van der Waals surface area contributed by atoms with E-state index in [1.807, 2.05) is 13.8 Å². The van der Waals surface area contributed by atoms with Crippen molar-refractivity contribution in [2.45, 2.75) is 66.0 Å². The number of halogens is 2. The molecule has 2 aliphatic heterocycles. The maximum atomic E-state index is 13.4. The number of aromatic nitrogens is 3. The lowest BCUT2D eigenvalue weighted by Crippen LogP contribution is -2.35. The summed E-state index contributed by atoms with van der Waals surface area (Å²) in [5, 5.41) is 4.90. The van der Waals surface area contributed by atoms with E-state index in [2.05, 4.69) is 9.67 Å². The Morgan fingerprint density at radius 3 is 2.59 bits per heavy atom. The van der Waals surface area contributed by atoms with E-state index in [1.165, 1.54) is 12.3 Å². The topological polar surface area (TPSA) is 63.5 Å². The molecule has 1 amide bonds. The van der Waals surface area contributed by atoms with E-state index >= 15 is 0 Å². The van der Waals surface area contributed by atoms with Crippen LogP contribution in [0.3, 0.4) is 0 Å². The highest BCUT2D eigenvalue weighted by Gasteiger charge is 2.31. The fourth-order valence-corrected chi connectivity index (χ4v) is 4.25. The summed E-state index contributed by atoms with van der Waals surface area (Å²) in [6.45, 7) is 9.70. The number of ether oxygens (including phenoxy) is 1. The maximum Gasteiger partial charge on any atom is 0.264 e. The van der Waals surface area contributed by atoms with Crippen molar-refractivity contribution in [3.05, 3.63) is 34.6 Å². The third kappa shape index (κ3) is 4.77. The molecular weight excluding hydrogens is 416 g/mol. The Labute approximate surface area is 188 Å². The van der Waals surface area contributed by atoms with Crippen LogP contribution in [-0.2, 0) is 22.5 Å². The Bertz CT molecular complexity index is 941. The van der Waals surface area contributed by atoms with Gasteiger partial charge in [-0.1, -0.05) is 13.8 Å². The van der Waals surface area contributed by atoms with Crippen molar-refractivity contribution in [3.63, 3.8) is 0 Å². The highest BCUT2D eigenvalue weighted by molar-refractivity contribution is 5.74. The van der Waals surface area contributed by atoms with E-state index in [0.717, 1.165) is 30.5 Å². The van der Waals surface area contributed by atoms with Gasteiger partial charge in [-0.3, -0.25) is 9.48 Å². The summed E-state index contributed by atoms with van der Waals surface area (Å²) in [6.07, 6.45) is 1.38. The van der Waals surface area contributed by atoms with Gasteiger partial charge in [0.05, 0.1) is 12.6 Å². The van der Waals surface area contributed by atoms with Crippen LogP contribution in [0.1, 0.15) is 68.5 Å². The summed E-state index contributed by atoms with van der Waals surface area (Å²) in [5.41, 5.74) is 2.50. The molecule has 7 nitrogen and oxygen atoms in total. The zero-order valence-electron chi connectivity index (χ0n) is 19.6. The number of hydrogen-bond donors (Lipinski definition) is 0. The number of hydrogen-bond acceptors (Lipinski definition) is 5. The van der Waals surface area contributed by atoms with Gasteiger partial charge in [-0.15, -0.1) is 0 Å². The predicted octanol–water partition coefficient (Wildman–Crippen LogP) is 4.57. The number of alkyl halides is 2. The molecule has 32 heavy (non-hydrogen) atoms. The zero-order chi connectivity index (χ0) is 23.4. The first-order valence-electron chi connectivity index (χ1n) is 11.3. The number of aryl methyl sites for hydroxylation is 1. The molecule has 2 aromatic rings. The van der Waals surface area contributed by atoms with Crippen LogP contribution in [-0.4, -0.2) is 52.4 Å². The van der Waals surface area contributed by atoms with Crippen LogP contribution in [0.25, 0.3) is 0 Å².